The van der Waals surface area contributed by atoms with Gasteiger partial charge in [0.2, 0.25) is 5.75 Å². The maximum absolute atomic E-state index is 13.3. The molecular formula is C12H7BrFNO4. The second-order valence-electron chi connectivity index (χ2n) is 3.59. The van der Waals surface area contributed by atoms with E-state index in [-0.39, 0.29) is 21.7 Å². The number of phenolic OH excluding ortho intramolecular Hbond substituents is 1. The molecule has 0 unspecified atom stereocenters. The molecule has 2 aromatic rings. The van der Waals surface area contributed by atoms with E-state index in [1.165, 1.54) is 24.3 Å². The summed E-state index contributed by atoms with van der Waals surface area (Å²) >= 11 is 2.93. The van der Waals surface area contributed by atoms with Crippen LogP contribution >= 0.6 is 15.9 Å². The van der Waals surface area contributed by atoms with E-state index in [1.54, 1.807) is 0 Å². The minimum Gasteiger partial charge on any atom is -0.508 e. The number of hydrogen-bond acceptors (Lipinski definition) is 4. The molecule has 1 N–H and O–H groups in total. The van der Waals surface area contributed by atoms with Crippen molar-refractivity contribution in [1.29, 1.82) is 0 Å². The smallest absolute Gasteiger partial charge is 0.314 e. The van der Waals surface area contributed by atoms with E-state index in [2.05, 4.69) is 15.9 Å². The van der Waals surface area contributed by atoms with Gasteiger partial charge >= 0.3 is 5.69 Å². The Kier molecular flexibility index (Phi) is 3.66. The molecule has 0 heterocycles. The first-order valence-corrected chi connectivity index (χ1v) is 5.87. The van der Waals surface area contributed by atoms with Crippen LogP contribution in [0.5, 0.6) is 17.2 Å². The summed E-state index contributed by atoms with van der Waals surface area (Å²) in [5.41, 5.74) is -0.496. The number of aromatic hydroxyl groups is 1. The zero-order valence-corrected chi connectivity index (χ0v) is 10.9. The SMILES string of the molecule is O=[N+]([O-])c1cc(F)c(Br)cc1Oc1cccc(O)c1. The molecule has 2 rings (SSSR count). The van der Waals surface area contributed by atoms with Crippen molar-refractivity contribution >= 4 is 21.6 Å². The van der Waals surface area contributed by atoms with E-state index < -0.39 is 16.4 Å². The highest BCUT2D eigenvalue weighted by Crippen LogP contribution is 2.36. The number of rotatable bonds is 3. The van der Waals surface area contributed by atoms with Crippen LogP contribution in [0.4, 0.5) is 10.1 Å². The summed E-state index contributed by atoms with van der Waals surface area (Å²) in [6.07, 6.45) is 0. The fraction of sp³-hybridized carbons (Fsp3) is 0. The Labute approximate surface area is 115 Å². The molecule has 98 valence electrons. The van der Waals surface area contributed by atoms with Gasteiger partial charge in [0.1, 0.15) is 17.3 Å². The Morgan fingerprint density at radius 3 is 2.68 bits per heavy atom. The predicted molar refractivity (Wildman–Crippen MR) is 68.9 cm³/mol. The van der Waals surface area contributed by atoms with Gasteiger partial charge in [0.25, 0.3) is 0 Å². The average molecular weight is 328 g/mol. The van der Waals surface area contributed by atoms with E-state index in [0.717, 1.165) is 12.1 Å². The molecule has 19 heavy (non-hydrogen) atoms. The molecule has 0 aromatic heterocycles. The first-order valence-electron chi connectivity index (χ1n) is 5.07. The van der Waals surface area contributed by atoms with Gasteiger partial charge in [-0.2, -0.15) is 0 Å². The fourth-order valence-electron chi connectivity index (χ4n) is 1.42. The van der Waals surface area contributed by atoms with Crippen LogP contribution in [-0.2, 0) is 0 Å². The van der Waals surface area contributed by atoms with Crippen molar-refractivity contribution in [3.05, 3.63) is 56.8 Å². The van der Waals surface area contributed by atoms with Gasteiger partial charge in [-0.15, -0.1) is 0 Å². The zero-order chi connectivity index (χ0) is 14.0. The summed E-state index contributed by atoms with van der Waals surface area (Å²) in [4.78, 5) is 10.1. The van der Waals surface area contributed by atoms with E-state index >= 15 is 0 Å². The number of nitro benzene ring substituents is 1. The van der Waals surface area contributed by atoms with Gasteiger partial charge in [-0.05, 0) is 28.1 Å². The number of nitrogens with zero attached hydrogens (tertiary/aromatic N) is 1. The monoisotopic (exact) mass is 327 g/mol. The molecule has 0 aliphatic rings. The third-order valence-corrected chi connectivity index (χ3v) is 2.85. The van der Waals surface area contributed by atoms with E-state index in [1.807, 2.05) is 0 Å². The summed E-state index contributed by atoms with van der Waals surface area (Å²) in [5, 5.41) is 20.1. The van der Waals surface area contributed by atoms with Crippen molar-refractivity contribution in [3.8, 4) is 17.2 Å². The molecule has 0 aliphatic heterocycles. The average Bonchev–Trinajstić information content (AvgIpc) is 2.33. The van der Waals surface area contributed by atoms with E-state index in [4.69, 9.17) is 4.74 Å². The predicted octanol–water partition coefficient (Wildman–Crippen LogP) is 3.99. The van der Waals surface area contributed by atoms with Crippen LogP contribution in [0.1, 0.15) is 0 Å². The van der Waals surface area contributed by atoms with Crippen molar-refractivity contribution in [3.63, 3.8) is 0 Å². The highest BCUT2D eigenvalue weighted by Gasteiger charge is 2.19. The van der Waals surface area contributed by atoms with E-state index in [0.29, 0.717) is 0 Å². The van der Waals surface area contributed by atoms with Gasteiger partial charge < -0.3 is 9.84 Å². The molecule has 0 aliphatic carbocycles. The van der Waals surface area contributed by atoms with Crippen LogP contribution in [0.3, 0.4) is 0 Å². The molecule has 0 bridgehead atoms. The molecule has 0 radical (unpaired) electrons. The molecular weight excluding hydrogens is 321 g/mol. The molecule has 0 amide bonds. The summed E-state index contributed by atoms with van der Waals surface area (Å²) in [6.45, 7) is 0. The second kappa shape index (κ2) is 5.23. The molecule has 0 fully saturated rings. The van der Waals surface area contributed by atoms with Crippen LogP contribution in [0.15, 0.2) is 40.9 Å². The molecule has 2 aromatic carbocycles. The summed E-state index contributed by atoms with van der Waals surface area (Å²) < 4.78 is 18.6. The van der Waals surface area contributed by atoms with Gasteiger partial charge in [0.15, 0.2) is 0 Å². The van der Waals surface area contributed by atoms with Crippen LogP contribution in [-0.4, -0.2) is 10.0 Å². The first kappa shape index (κ1) is 13.3. The lowest BCUT2D eigenvalue weighted by Crippen LogP contribution is -1.95. The lowest BCUT2D eigenvalue weighted by molar-refractivity contribution is -0.385. The Morgan fingerprint density at radius 1 is 1.32 bits per heavy atom. The molecule has 7 heteroatoms. The Hall–Kier alpha value is -2.15. The normalized spacial score (nSPS) is 10.2. The van der Waals surface area contributed by atoms with Crippen molar-refractivity contribution in [2.45, 2.75) is 0 Å². The maximum atomic E-state index is 13.3. The third-order valence-electron chi connectivity index (χ3n) is 2.24. The van der Waals surface area contributed by atoms with Gasteiger partial charge in [-0.1, -0.05) is 6.07 Å². The summed E-state index contributed by atoms with van der Waals surface area (Å²) in [7, 11) is 0. The highest BCUT2D eigenvalue weighted by molar-refractivity contribution is 9.10. The molecule has 5 nitrogen and oxygen atoms in total. The molecule has 0 spiro atoms. The van der Waals surface area contributed by atoms with Gasteiger partial charge in [-0.3, -0.25) is 10.1 Å². The summed E-state index contributed by atoms with van der Waals surface area (Å²) in [5.74, 6) is -0.707. The van der Waals surface area contributed by atoms with E-state index in [9.17, 15) is 19.6 Å². The molecule has 0 saturated heterocycles. The lowest BCUT2D eigenvalue weighted by Gasteiger charge is -2.07. The number of hydrogen-bond donors (Lipinski definition) is 1. The van der Waals surface area contributed by atoms with Crippen LogP contribution in [0.2, 0.25) is 0 Å². The van der Waals surface area contributed by atoms with Gasteiger partial charge in [-0.25, -0.2) is 4.39 Å². The largest absolute Gasteiger partial charge is 0.508 e. The van der Waals surface area contributed by atoms with Gasteiger partial charge in [0.05, 0.1) is 15.5 Å². The summed E-state index contributed by atoms with van der Waals surface area (Å²) in [6, 6.07) is 7.69. The van der Waals surface area contributed by atoms with Crippen molar-refractivity contribution in [2.24, 2.45) is 0 Å². The quantitative estimate of drug-likeness (QED) is 0.683. The van der Waals surface area contributed by atoms with Crippen LogP contribution < -0.4 is 4.74 Å². The van der Waals surface area contributed by atoms with Crippen molar-refractivity contribution in [1.82, 2.24) is 0 Å². The Bertz CT molecular complexity index is 648. The number of benzene rings is 2. The Balaban J connectivity index is 2.44. The van der Waals surface area contributed by atoms with Crippen molar-refractivity contribution < 1.29 is 19.2 Å². The maximum Gasteiger partial charge on any atom is 0.314 e. The topological polar surface area (TPSA) is 72.6 Å². The number of halogens is 2. The van der Waals surface area contributed by atoms with Gasteiger partial charge in [0, 0.05) is 12.1 Å². The number of phenols is 1. The zero-order valence-electron chi connectivity index (χ0n) is 9.34. The van der Waals surface area contributed by atoms with Crippen LogP contribution in [0.25, 0.3) is 0 Å². The molecule has 0 atom stereocenters. The van der Waals surface area contributed by atoms with Crippen molar-refractivity contribution in [2.75, 3.05) is 0 Å². The number of ether oxygens (including phenoxy) is 1. The Morgan fingerprint density at radius 2 is 2.05 bits per heavy atom. The lowest BCUT2D eigenvalue weighted by atomic mass is 10.3. The minimum atomic E-state index is -0.755. The number of nitro groups is 1. The first-order chi connectivity index (χ1) is 8.97. The highest BCUT2D eigenvalue weighted by atomic mass is 79.9. The fourth-order valence-corrected chi connectivity index (χ4v) is 1.74. The molecule has 0 saturated carbocycles. The second-order valence-corrected chi connectivity index (χ2v) is 4.44. The standard InChI is InChI=1S/C12H7BrFNO4/c13-9-5-12(11(15(17)18)6-10(9)14)19-8-3-1-2-7(16)4-8/h1-6,16H. The third kappa shape index (κ3) is 3.00. The minimum absolute atomic E-state index is 0.0404. The van der Waals surface area contributed by atoms with Crippen LogP contribution in [0, 0.1) is 15.9 Å².